The van der Waals surface area contributed by atoms with Gasteiger partial charge in [-0.3, -0.25) is 20.0 Å². The Morgan fingerprint density at radius 3 is 2.81 bits per heavy atom. The summed E-state index contributed by atoms with van der Waals surface area (Å²) in [6.45, 7) is 0. The lowest BCUT2D eigenvalue weighted by Crippen LogP contribution is -2.54. The maximum atomic E-state index is 11.8. The van der Waals surface area contributed by atoms with E-state index in [1.165, 1.54) is 23.9 Å². The van der Waals surface area contributed by atoms with E-state index in [0.29, 0.717) is 16.4 Å². The van der Waals surface area contributed by atoms with Gasteiger partial charge < -0.3 is 10.4 Å². The summed E-state index contributed by atoms with van der Waals surface area (Å²) in [5, 5.41) is 16.1. The van der Waals surface area contributed by atoms with Crippen LogP contribution < -0.4 is 10.7 Å². The van der Waals surface area contributed by atoms with Crippen LogP contribution in [0.5, 0.6) is 0 Å². The second-order valence-corrected chi connectivity index (χ2v) is 7.43. The van der Waals surface area contributed by atoms with E-state index in [0.717, 1.165) is 15.7 Å². The van der Waals surface area contributed by atoms with Gasteiger partial charge in [0.15, 0.2) is 5.17 Å². The highest BCUT2D eigenvalue weighted by Gasteiger charge is 2.37. The number of aliphatic imine (C=N–C) groups is 1. The zero-order valence-electron chi connectivity index (χ0n) is 13.5. The molecule has 2 aliphatic heterocycles. The summed E-state index contributed by atoms with van der Waals surface area (Å²) < 4.78 is 0.856. The van der Waals surface area contributed by atoms with E-state index in [-0.39, 0.29) is 5.88 Å². The Hall–Kier alpha value is -2.52. The van der Waals surface area contributed by atoms with Crippen molar-refractivity contribution in [3.8, 4) is 0 Å². The van der Waals surface area contributed by atoms with Crippen molar-refractivity contribution in [2.75, 3.05) is 11.6 Å². The summed E-state index contributed by atoms with van der Waals surface area (Å²) >= 11 is 4.79. The number of ketones is 2. The van der Waals surface area contributed by atoms with E-state index >= 15 is 0 Å². The first-order valence-corrected chi connectivity index (χ1v) is 9.66. The van der Waals surface area contributed by atoms with Gasteiger partial charge in [0.05, 0.1) is 0 Å². The van der Waals surface area contributed by atoms with Crippen molar-refractivity contribution in [3.63, 3.8) is 0 Å². The minimum atomic E-state index is -0.573. The number of hydrogen-bond acceptors (Lipinski definition) is 8. The molecule has 0 bridgehead atoms. The van der Waals surface area contributed by atoms with Gasteiger partial charge in [-0.15, -0.1) is 0 Å². The van der Waals surface area contributed by atoms with Crippen LogP contribution in [-0.4, -0.2) is 39.3 Å². The number of hydrazine groups is 1. The molecule has 0 radical (unpaired) electrons. The average Bonchev–Trinajstić information content (AvgIpc) is 2.63. The van der Waals surface area contributed by atoms with Gasteiger partial charge >= 0.3 is 0 Å². The van der Waals surface area contributed by atoms with Crippen LogP contribution in [0.2, 0.25) is 0 Å². The molecule has 2 heterocycles. The largest absolute Gasteiger partial charge is 0.492 e. The third kappa shape index (κ3) is 2.73. The number of thioether (sulfide) groups is 1. The molecule has 1 atom stereocenters. The Bertz CT molecular complexity index is 967. The topological polar surface area (TPSA) is 94.0 Å². The molecule has 0 saturated heterocycles. The van der Waals surface area contributed by atoms with E-state index in [9.17, 15) is 14.7 Å². The second kappa shape index (κ2) is 6.33. The van der Waals surface area contributed by atoms with Crippen LogP contribution in [0.4, 0.5) is 5.69 Å². The third-order valence-corrected chi connectivity index (χ3v) is 5.20. The smallest absolute Gasteiger partial charge is 0.240 e. The van der Waals surface area contributed by atoms with Crippen molar-refractivity contribution in [1.82, 2.24) is 10.4 Å². The number of aliphatic hydroxyl groups excluding tert-OH is 1. The lowest BCUT2D eigenvalue weighted by atomic mass is 9.98. The summed E-state index contributed by atoms with van der Waals surface area (Å²) in [6, 6.07) is 5.62. The molecule has 132 valence electrons. The standard InChI is InChI=1S/C17H13BrN4O3S/c1-26-17-20-16(25)14-10-7-9(18)3-4-11(10)19-15(22(14)21-17)8-2-5-12(23)13(24)6-8/h2-7,15,19,25H,1H3,(H,20,21)/t15-/m1/s1. The van der Waals surface area contributed by atoms with Crippen LogP contribution in [0.3, 0.4) is 0 Å². The molecule has 3 N–H and O–H groups in total. The molecule has 9 heteroatoms. The molecule has 1 aliphatic carbocycles. The van der Waals surface area contributed by atoms with Crippen LogP contribution in [0.1, 0.15) is 5.56 Å². The molecule has 3 aliphatic rings. The Morgan fingerprint density at radius 1 is 1.27 bits per heavy atom. The van der Waals surface area contributed by atoms with E-state index in [1.807, 2.05) is 24.5 Å². The molecule has 1 aromatic rings. The predicted octanol–water partition coefficient (Wildman–Crippen LogP) is 2.56. The van der Waals surface area contributed by atoms with Crippen LogP contribution in [0.15, 0.2) is 57.3 Å². The second-order valence-electron chi connectivity index (χ2n) is 5.72. The van der Waals surface area contributed by atoms with Crippen molar-refractivity contribution < 1.29 is 14.7 Å². The van der Waals surface area contributed by atoms with Crippen molar-refractivity contribution in [2.24, 2.45) is 4.99 Å². The van der Waals surface area contributed by atoms with E-state index in [4.69, 9.17) is 0 Å². The zero-order chi connectivity index (χ0) is 18.4. The summed E-state index contributed by atoms with van der Waals surface area (Å²) in [5.41, 5.74) is 5.77. The third-order valence-electron chi connectivity index (χ3n) is 4.14. The molecule has 26 heavy (non-hydrogen) atoms. The fraction of sp³-hybridized carbons (Fsp3) is 0.118. The molecule has 0 fully saturated rings. The fourth-order valence-electron chi connectivity index (χ4n) is 2.95. The Kier molecular flexibility index (Phi) is 4.12. The number of aliphatic hydroxyl groups is 1. The quantitative estimate of drug-likeness (QED) is 0.463. The normalized spacial score (nSPS) is 21.5. The number of nitrogens with zero attached hydrogens (tertiary/aromatic N) is 2. The van der Waals surface area contributed by atoms with Gasteiger partial charge in [-0.2, -0.15) is 4.99 Å². The minimum absolute atomic E-state index is 0.123. The number of amidine groups is 1. The first-order chi connectivity index (χ1) is 12.5. The lowest BCUT2D eigenvalue weighted by molar-refractivity contribution is -0.131. The van der Waals surface area contributed by atoms with Crippen LogP contribution >= 0.6 is 27.7 Å². The molecule has 0 unspecified atom stereocenters. The molecule has 1 aromatic carbocycles. The van der Waals surface area contributed by atoms with Crippen LogP contribution in [0.25, 0.3) is 5.70 Å². The first kappa shape index (κ1) is 16.9. The fourth-order valence-corrected chi connectivity index (χ4v) is 3.68. The van der Waals surface area contributed by atoms with Gasteiger partial charge in [-0.05, 0) is 36.6 Å². The van der Waals surface area contributed by atoms with Crippen LogP contribution in [-0.2, 0) is 9.59 Å². The highest BCUT2D eigenvalue weighted by molar-refractivity contribution is 9.10. The van der Waals surface area contributed by atoms with Gasteiger partial charge in [-0.25, -0.2) is 0 Å². The monoisotopic (exact) mass is 432 g/mol. The Morgan fingerprint density at radius 2 is 2.08 bits per heavy atom. The number of allylic oxidation sites excluding steroid dienone is 2. The van der Waals surface area contributed by atoms with Crippen molar-refractivity contribution >= 4 is 55.8 Å². The summed E-state index contributed by atoms with van der Waals surface area (Å²) in [5.74, 6) is -1.25. The molecular weight excluding hydrogens is 420 g/mol. The number of fused-ring (bicyclic) bond motifs is 3. The molecule has 7 nitrogen and oxygen atoms in total. The number of anilines is 1. The summed E-state index contributed by atoms with van der Waals surface area (Å²) in [6.07, 6.45) is 5.50. The van der Waals surface area contributed by atoms with Gasteiger partial charge in [0.2, 0.25) is 17.4 Å². The van der Waals surface area contributed by atoms with Gasteiger partial charge in [0.25, 0.3) is 0 Å². The van der Waals surface area contributed by atoms with Crippen molar-refractivity contribution in [1.29, 1.82) is 0 Å². The molecular formula is C17H13BrN4O3S. The predicted molar refractivity (Wildman–Crippen MR) is 104 cm³/mol. The summed E-state index contributed by atoms with van der Waals surface area (Å²) in [4.78, 5) is 27.5. The maximum absolute atomic E-state index is 11.8. The average molecular weight is 433 g/mol. The number of carbonyl (C=O) groups is 2. The lowest BCUT2D eigenvalue weighted by Gasteiger charge is -2.43. The zero-order valence-corrected chi connectivity index (χ0v) is 15.9. The number of nitrogens with one attached hydrogen (secondary N) is 2. The molecule has 4 rings (SSSR count). The van der Waals surface area contributed by atoms with Gasteiger partial charge in [0, 0.05) is 21.3 Å². The van der Waals surface area contributed by atoms with E-state index in [2.05, 4.69) is 31.7 Å². The van der Waals surface area contributed by atoms with E-state index < -0.39 is 17.7 Å². The van der Waals surface area contributed by atoms with Crippen LogP contribution in [0, 0.1) is 0 Å². The SMILES string of the molecule is CSC1=NC(O)=C2c3cc(Br)ccc3N[C@@H](C3=CC(=O)C(=O)C=C3)N2N1. The number of carbonyl (C=O) groups excluding carboxylic acids is 2. The highest BCUT2D eigenvalue weighted by atomic mass is 79.9. The summed E-state index contributed by atoms with van der Waals surface area (Å²) in [7, 11) is 0. The Balaban J connectivity index is 1.87. The number of halogens is 1. The van der Waals surface area contributed by atoms with Crippen molar-refractivity contribution in [2.45, 2.75) is 6.17 Å². The molecule has 0 spiro atoms. The minimum Gasteiger partial charge on any atom is -0.492 e. The number of benzene rings is 1. The molecule has 0 saturated carbocycles. The highest BCUT2D eigenvalue weighted by Crippen LogP contribution is 2.40. The van der Waals surface area contributed by atoms with E-state index in [1.54, 1.807) is 11.1 Å². The van der Waals surface area contributed by atoms with Gasteiger partial charge in [0.1, 0.15) is 11.9 Å². The molecule has 0 amide bonds. The molecule has 0 aromatic heterocycles. The Labute approximate surface area is 161 Å². The first-order valence-electron chi connectivity index (χ1n) is 7.64. The van der Waals surface area contributed by atoms with Gasteiger partial charge in [-0.1, -0.05) is 33.8 Å². The number of rotatable bonds is 1. The van der Waals surface area contributed by atoms with Crippen molar-refractivity contribution in [3.05, 3.63) is 57.9 Å². The number of hydrogen-bond donors (Lipinski definition) is 3. The maximum Gasteiger partial charge on any atom is 0.240 e.